The monoisotopic (exact) mass is 179 g/mol. The van der Waals surface area contributed by atoms with E-state index >= 15 is 0 Å². The summed E-state index contributed by atoms with van der Waals surface area (Å²) in [7, 11) is 0. The van der Waals surface area contributed by atoms with Gasteiger partial charge in [-0.2, -0.15) is 17.4 Å². The van der Waals surface area contributed by atoms with Crippen LogP contribution < -0.4 is 4.73 Å². The molecule has 0 N–H and O–H groups in total. The molecule has 0 aliphatic heterocycles. The Morgan fingerprint density at radius 1 is 1.58 bits per heavy atom. The second kappa shape index (κ2) is 4.68. The minimum Gasteiger partial charge on any atom is -0.619 e. The lowest BCUT2D eigenvalue weighted by molar-refractivity contribution is -0.605. The molecule has 0 aliphatic rings. The van der Waals surface area contributed by atoms with Crippen molar-refractivity contribution in [2.24, 2.45) is 0 Å². The fourth-order valence-corrected chi connectivity index (χ4v) is 0.861. The third kappa shape index (κ3) is 2.85. The van der Waals surface area contributed by atoms with Gasteiger partial charge in [0.1, 0.15) is 0 Å². The van der Waals surface area contributed by atoms with Gasteiger partial charge in [0.2, 0.25) is 0 Å². The Bertz CT molecular complexity index is 314. The van der Waals surface area contributed by atoms with Crippen molar-refractivity contribution >= 4 is 12.6 Å². The molecule has 1 rings (SSSR count). The third-order valence-electron chi connectivity index (χ3n) is 1.24. The van der Waals surface area contributed by atoms with E-state index in [1.807, 2.05) is 0 Å². The summed E-state index contributed by atoms with van der Waals surface area (Å²) in [6.45, 7) is 0. The van der Waals surface area contributed by atoms with E-state index in [0.29, 0.717) is 0 Å². The zero-order valence-corrected chi connectivity index (χ0v) is 7.42. The van der Waals surface area contributed by atoms with Gasteiger partial charge in [0, 0.05) is 18.2 Å². The van der Waals surface area contributed by atoms with E-state index < -0.39 is 0 Å². The van der Waals surface area contributed by atoms with Gasteiger partial charge in [-0.15, -0.1) is 0 Å². The van der Waals surface area contributed by atoms with Crippen LogP contribution in [0.1, 0.15) is 12.0 Å². The molecule has 1 heterocycles. The highest BCUT2D eigenvalue weighted by Crippen LogP contribution is 1.90. The first-order chi connectivity index (χ1) is 5.83. The molecule has 1 aromatic rings. The van der Waals surface area contributed by atoms with Crippen molar-refractivity contribution in [3.05, 3.63) is 35.3 Å². The normalized spacial score (nSPS) is 8.75. The second-order valence-electron chi connectivity index (χ2n) is 2.23. The van der Waals surface area contributed by atoms with Crippen LogP contribution >= 0.6 is 12.6 Å². The molecular formula is C9H9NOS. The molecule has 2 nitrogen and oxygen atoms in total. The first-order valence-electron chi connectivity index (χ1n) is 3.61. The van der Waals surface area contributed by atoms with Crippen molar-refractivity contribution in [2.45, 2.75) is 6.42 Å². The highest BCUT2D eigenvalue weighted by atomic mass is 32.1. The Balaban J connectivity index is 2.71. The summed E-state index contributed by atoms with van der Waals surface area (Å²) in [6.07, 6.45) is 3.63. The summed E-state index contributed by atoms with van der Waals surface area (Å²) < 4.78 is 0.741. The molecule has 0 fully saturated rings. The summed E-state index contributed by atoms with van der Waals surface area (Å²) in [5.41, 5.74) is 0.745. The van der Waals surface area contributed by atoms with E-state index in [1.165, 1.54) is 12.4 Å². The molecule has 0 spiro atoms. The molecule has 0 atom stereocenters. The van der Waals surface area contributed by atoms with Crippen LogP contribution in [0, 0.1) is 17.0 Å². The average Bonchev–Trinajstić information content (AvgIpc) is 2.05. The molecule has 0 bridgehead atoms. The summed E-state index contributed by atoms with van der Waals surface area (Å²) >= 11 is 4.02. The van der Waals surface area contributed by atoms with Crippen LogP contribution in [0.25, 0.3) is 0 Å². The van der Waals surface area contributed by atoms with Gasteiger partial charge in [-0.25, -0.2) is 0 Å². The Labute approximate surface area is 77.2 Å². The van der Waals surface area contributed by atoms with Crippen LogP contribution in [0.5, 0.6) is 0 Å². The van der Waals surface area contributed by atoms with Gasteiger partial charge >= 0.3 is 0 Å². The molecule has 62 valence electrons. The minimum absolute atomic E-state index is 0.741. The second-order valence-corrected chi connectivity index (χ2v) is 2.68. The maximum Gasteiger partial charge on any atom is 0.195 e. The molecule has 0 unspecified atom stereocenters. The predicted octanol–water partition coefficient (Wildman–Crippen LogP) is 0.991. The van der Waals surface area contributed by atoms with Crippen molar-refractivity contribution in [3.8, 4) is 11.8 Å². The zero-order valence-electron chi connectivity index (χ0n) is 6.53. The fraction of sp³-hybridized carbons (Fsp3) is 0.222. The predicted molar refractivity (Wildman–Crippen MR) is 50.8 cm³/mol. The Morgan fingerprint density at radius 3 is 3.08 bits per heavy atom. The quantitative estimate of drug-likeness (QED) is 0.296. The van der Waals surface area contributed by atoms with E-state index in [1.54, 1.807) is 12.1 Å². The summed E-state index contributed by atoms with van der Waals surface area (Å²) in [6, 6.07) is 3.48. The average molecular weight is 179 g/mol. The summed E-state index contributed by atoms with van der Waals surface area (Å²) in [5.74, 6) is 6.51. The Kier molecular flexibility index (Phi) is 3.49. The van der Waals surface area contributed by atoms with Gasteiger partial charge < -0.3 is 5.21 Å². The van der Waals surface area contributed by atoms with Crippen molar-refractivity contribution in [1.29, 1.82) is 0 Å². The minimum atomic E-state index is 0.741. The molecule has 0 radical (unpaired) electrons. The molecule has 0 amide bonds. The number of aromatic nitrogens is 1. The summed E-state index contributed by atoms with van der Waals surface area (Å²) in [4.78, 5) is 0. The van der Waals surface area contributed by atoms with Gasteiger partial charge in [-0.05, 0) is 6.07 Å². The van der Waals surface area contributed by atoms with Crippen LogP contribution in [0.3, 0.4) is 0 Å². The van der Waals surface area contributed by atoms with Crippen LogP contribution in [0.4, 0.5) is 0 Å². The van der Waals surface area contributed by atoms with Crippen molar-refractivity contribution in [1.82, 2.24) is 0 Å². The SMILES string of the molecule is [O-][n+]1cccc(C#CCCS)c1. The first-order valence-corrected chi connectivity index (χ1v) is 4.25. The highest BCUT2D eigenvalue weighted by molar-refractivity contribution is 7.80. The van der Waals surface area contributed by atoms with Crippen molar-refractivity contribution in [3.63, 3.8) is 0 Å². The van der Waals surface area contributed by atoms with Crippen LogP contribution in [0.15, 0.2) is 24.5 Å². The lowest BCUT2D eigenvalue weighted by atomic mass is 10.3. The Hall–Kier alpha value is -1.14. The van der Waals surface area contributed by atoms with Crippen LogP contribution in [-0.2, 0) is 0 Å². The first kappa shape index (κ1) is 8.95. The number of hydrogen-bond donors (Lipinski definition) is 1. The standard InChI is InChI=1S/C9H9NOS/c11-10-6-3-5-9(8-10)4-1-2-7-12/h3,5-6,8,12H,2,7H2. The number of hydrogen-bond acceptors (Lipinski definition) is 2. The maximum atomic E-state index is 10.8. The van der Waals surface area contributed by atoms with Gasteiger partial charge in [0.05, 0.1) is 5.56 Å². The molecule has 0 saturated carbocycles. The lowest BCUT2D eigenvalue weighted by Gasteiger charge is -1.92. The Morgan fingerprint density at radius 2 is 2.42 bits per heavy atom. The number of thiol groups is 1. The molecule has 0 saturated heterocycles. The van der Waals surface area contributed by atoms with Gasteiger partial charge in [0.25, 0.3) is 0 Å². The third-order valence-corrected chi connectivity index (χ3v) is 1.47. The largest absolute Gasteiger partial charge is 0.619 e. The fourth-order valence-electron chi connectivity index (χ4n) is 0.749. The topological polar surface area (TPSA) is 26.9 Å². The van der Waals surface area contributed by atoms with Gasteiger partial charge in [0.15, 0.2) is 12.4 Å². The van der Waals surface area contributed by atoms with E-state index in [0.717, 1.165) is 22.5 Å². The van der Waals surface area contributed by atoms with Gasteiger partial charge in [-0.1, -0.05) is 11.8 Å². The molecule has 0 aliphatic carbocycles. The van der Waals surface area contributed by atoms with Crippen molar-refractivity contribution < 1.29 is 4.73 Å². The molecule has 12 heavy (non-hydrogen) atoms. The highest BCUT2D eigenvalue weighted by Gasteiger charge is 1.89. The number of pyridine rings is 1. The van der Waals surface area contributed by atoms with Crippen LogP contribution in [-0.4, -0.2) is 5.75 Å². The maximum absolute atomic E-state index is 10.8. The lowest BCUT2D eigenvalue weighted by Crippen LogP contribution is -2.24. The molecule has 1 aromatic heterocycles. The van der Waals surface area contributed by atoms with E-state index in [9.17, 15) is 5.21 Å². The zero-order chi connectivity index (χ0) is 8.81. The van der Waals surface area contributed by atoms with E-state index in [-0.39, 0.29) is 0 Å². The summed E-state index contributed by atoms with van der Waals surface area (Å²) in [5, 5.41) is 10.8. The smallest absolute Gasteiger partial charge is 0.195 e. The van der Waals surface area contributed by atoms with Gasteiger partial charge in [-0.3, -0.25) is 0 Å². The molecule has 0 aromatic carbocycles. The molecular weight excluding hydrogens is 170 g/mol. The van der Waals surface area contributed by atoms with E-state index in [4.69, 9.17) is 0 Å². The van der Waals surface area contributed by atoms with E-state index in [2.05, 4.69) is 24.5 Å². The number of nitrogens with zero attached hydrogens (tertiary/aromatic N) is 1. The number of rotatable bonds is 1. The molecule has 3 heteroatoms. The van der Waals surface area contributed by atoms with Crippen LogP contribution in [0.2, 0.25) is 0 Å². The van der Waals surface area contributed by atoms with Crippen molar-refractivity contribution in [2.75, 3.05) is 5.75 Å².